The van der Waals surface area contributed by atoms with Gasteiger partial charge in [0, 0.05) is 29.3 Å². The standard InChI is InChI=1S/C23H23ClN2O6/c1-14-6-5-7-15(2)25(14)21(27)13-32-23(29)18-9-4-3-8-17(18)22(28)16-10-11-19(24)20(12-16)26(30)31/h3-4,8-12,14-15H,5-7,13H2,1-2H3/t14-,15-/m0/s1. The highest BCUT2D eigenvalue weighted by atomic mass is 35.5. The van der Waals surface area contributed by atoms with Gasteiger partial charge in [0.15, 0.2) is 12.4 Å². The van der Waals surface area contributed by atoms with Crippen molar-refractivity contribution in [3.8, 4) is 0 Å². The summed E-state index contributed by atoms with van der Waals surface area (Å²) in [4.78, 5) is 50.5. The second-order valence-corrected chi connectivity index (χ2v) is 8.21. The number of esters is 1. The zero-order chi connectivity index (χ0) is 23.4. The van der Waals surface area contributed by atoms with Crippen molar-refractivity contribution in [3.63, 3.8) is 0 Å². The van der Waals surface area contributed by atoms with Gasteiger partial charge in [0.1, 0.15) is 5.02 Å². The lowest BCUT2D eigenvalue weighted by atomic mass is 9.97. The molecule has 2 aromatic rings. The fraction of sp³-hybridized carbons (Fsp3) is 0.348. The highest BCUT2D eigenvalue weighted by Gasteiger charge is 2.30. The van der Waals surface area contributed by atoms with Crippen molar-refractivity contribution < 1.29 is 24.0 Å². The first-order valence-corrected chi connectivity index (χ1v) is 10.6. The van der Waals surface area contributed by atoms with Crippen molar-refractivity contribution in [2.45, 2.75) is 45.2 Å². The molecule has 1 heterocycles. The molecule has 0 aliphatic carbocycles. The lowest BCUT2D eigenvalue weighted by Gasteiger charge is -2.38. The van der Waals surface area contributed by atoms with Gasteiger partial charge in [-0.05, 0) is 51.3 Å². The molecule has 0 spiro atoms. The van der Waals surface area contributed by atoms with E-state index in [-0.39, 0.29) is 39.7 Å². The summed E-state index contributed by atoms with van der Waals surface area (Å²) in [6, 6.07) is 9.78. The van der Waals surface area contributed by atoms with Crippen molar-refractivity contribution in [3.05, 3.63) is 74.3 Å². The fourth-order valence-corrected chi connectivity index (χ4v) is 4.19. The van der Waals surface area contributed by atoms with Crippen LogP contribution >= 0.6 is 11.6 Å². The van der Waals surface area contributed by atoms with Gasteiger partial charge in [-0.2, -0.15) is 0 Å². The summed E-state index contributed by atoms with van der Waals surface area (Å²) in [6.07, 6.45) is 2.84. The zero-order valence-corrected chi connectivity index (χ0v) is 18.5. The second kappa shape index (κ2) is 9.91. The van der Waals surface area contributed by atoms with Crippen molar-refractivity contribution in [1.82, 2.24) is 4.90 Å². The number of ether oxygens (including phenoxy) is 1. The summed E-state index contributed by atoms with van der Waals surface area (Å²) in [6.45, 7) is 3.51. The molecule has 0 aromatic heterocycles. The Kier molecular flexibility index (Phi) is 7.25. The van der Waals surface area contributed by atoms with Crippen molar-refractivity contribution in [2.24, 2.45) is 0 Å². The number of piperidine rings is 1. The number of ketones is 1. The number of likely N-dealkylation sites (tertiary alicyclic amines) is 1. The third kappa shape index (κ3) is 4.96. The van der Waals surface area contributed by atoms with Gasteiger partial charge < -0.3 is 9.64 Å². The Morgan fingerprint density at radius 3 is 2.34 bits per heavy atom. The maximum atomic E-state index is 13.0. The number of amides is 1. The third-order valence-corrected chi connectivity index (χ3v) is 5.92. The minimum Gasteiger partial charge on any atom is -0.452 e. The van der Waals surface area contributed by atoms with E-state index in [1.807, 2.05) is 13.8 Å². The van der Waals surface area contributed by atoms with Crippen LogP contribution in [0.3, 0.4) is 0 Å². The number of hydrogen-bond donors (Lipinski definition) is 0. The van der Waals surface area contributed by atoms with Gasteiger partial charge in [0.25, 0.3) is 11.6 Å². The van der Waals surface area contributed by atoms with Crippen molar-refractivity contribution in [1.29, 1.82) is 0 Å². The molecule has 1 amide bonds. The van der Waals surface area contributed by atoms with Crippen LogP contribution in [0.1, 0.15) is 59.4 Å². The van der Waals surface area contributed by atoms with Crippen LogP contribution in [0.25, 0.3) is 0 Å². The largest absolute Gasteiger partial charge is 0.452 e. The SMILES string of the molecule is C[C@H]1CCC[C@H](C)N1C(=O)COC(=O)c1ccccc1C(=O)c1ccc(Cl)c([N+](=O)[O-])c1. The second-order valence-electron chi connectivity index (χ2n) is 7.80. The van der Waals surface area contributed by atoms with Gasteiger partial charge in [0.05, 0.1) is 10.5 Å². The number of benzene rings is 2. The lowest BCUT2D eigenvalue weighted by molar-refractivity contribution is -0.384. The van der Waals surface area contributed by atoms with Crippen LogP contribution in [-0.2, 0) is 9.53 Å². The number of carbonyl (C=O) groups is 3. The van der Waals surface area contributed by atoms with Crippen LogP contribution in [0, 0.1) is 10.1 Å². The van der Waals surface area contributed by atoms with Crippen LogP contribution in [0.2, 0.25) is 5.02 Å². The minimum absolute atomic E-state index is 0.00777. The topological polar surface area (TPSA) is 107 Å². The van der Waals surface area contributed by atoms with Crippen LogP contribution < -0.4 is 0 Å². The molecule has 1 fully saturated rings. The quantitative estimate of drug-likeness (QED) is 0.274. The molecule has 1 aliphatic heterocycles. The molecule has 2 atom stereocenters. The van der Waals surface area contributed by atoms with Gasteiger partial charge in [-0.3, -0.25) is 19.7 Å². The van der Waals surface area contributed by atoms with E-state index < -0.39 is 29.0 Å². The summed E-state index contributed by atoms with van der Waals surface area (Å²) in [7, 11) is 0. The molecule has 1 saturated heterocycles. The molecule has 1 aliphatic rings. The van der Waals surface area contributed by atoms with E-state index in [9.17, 15) is 24.5 Å². The molecular formula is C23H23ClN2O6. The third-order valence-electron chi connectivity index (χ3n) is 5.60. The molecule has 8 nitrogen and oxygen atoms in total. The Morgan fingerprint density at radius 2 is 1.72 bits per heavy atom. The predicted molar refractivity (Wildman–Crippen MR) is 118 cm³/mol. The Morgan fingerprint density at radius 1 is 1.09 bits per heavy atom. The van der Waals surface area contributed by atoms with E-state index in [0.29, 0.717) is 0 Å². The number of carbonyl (C=O) groups excluding carboxylic acids is 3. The first-order chi connectivity index (χ1) is 15.2. The predicted octanol–water partition coefficient (Wildman–Crippen LogP) is 4.43. The average Bonchev–Trinajstić information content (AvgIpc) is 2.77. The highest BCUT2D eigenvalue weighted by Crippen LogP contribution is 2.27. The molecule has 0 unspecified atom stereocenters. The molecule has 0 bridgehead atoms. The maximum Gasteiger partial charge on any atom is 0.339 e. The van der Waals surface area contributed by atoms with E-state index in [1.165, 1.54) is 24.3 Å². The van der Waals surface area contributed by atoms with E-state index in [1.54, 1.807) is 17.0 Å². The summed E-state index contributed by atoms with van der Waals surface area (Å²) in [5.74, 6) is -1.69. The zero-order valence-electron chi connectivity index (χ0n) is 17.7. The maximum absolute atomic E-state index is 13.0. The highest BCUT2D eigenvalue weighted by molar-refractivity contribution is 6.33. The number of nitro benzene ring substituents is 1. The fourth-order valence-electron chi connectivity index (χ4n) is 4.00. The average molecular weight is 459 g/mol. The molecular weight excluding hydrogens is 436 g/mol. The smallest absolute Gasteiger partial charge is 0.339 e. The Labute approximate surface area is 190 Å². The number of hydrogen-bond acceptors (Lipinski definition) is 6. The van der Waals surface area contributed by atoms with Crippen LogP contribution in [-0.4, -0.2) is 46.2 Å². The van der Waals surface area contributed by atoms with Gasteiger partial charge in [-0.1, -0.05) is 29.8 Å². The van der Waals surface area contributed by atoms with E-state index in [0.717, 1.165) is 25.3 Å². The lowest BCUT2D eigenvalue weighted by Crippen LogP contribution is -2.49. The van der Waals surface area contributed by atoms with Crippen molar-refractivity contribution in [2.75, 3.05) is 6.61 Å². The van der Waals surface area contributed by atoms with E-state index in [4.69, 9.17) is 16.3 Å². The molecule has 2 aromatic carbocycles. The molecule has 0 saturated carbocycles. The molecule has 0 N–H and O–H groups in total. The molecule has 0 radical (unpaired) electrons. The normalized spacial score (nSPS) is 18.2. The monoisotopic (exact) mass is 458 g/mol. The summed E-state index contributed by atoms with van der Waals surface area (Å²) in [5.41, 5.74) is -0.412. The number of nitrogens with zero attached hydrogens (tertiary/aromatic N) is 2. The first-order valence-electron chi connectivity index (χ1n) is 10.3. The molecule has 9 heteroatoms. The van der Waals surface area contributed by atoms with Crippen molar-refractivity contribution >= 4 is 34.9 Å². The Hall–Kier alpha value is -3.26. The van der Waals surface area contributed by atoms with Gasteiger partial charge in [-0.25, -0.2) is 4.79 Å². The number of halogens is 1. The molecule has 168 valence electrons. The summed E-state index contributed by atoms with van der Waals surface area (Å²) in [5, 5.41) is 11.0. The van der Waals surface area contributed by atoms with Gasteiger partial charge in [0.2, 0.25) is 0 Å². The van der Waals surface area contributed by atoms with Gasteiger partial charge >= 0.3 is 5.97 Å². The summed E-state index contributed by atoms with van der Waals surface area (Å²) >= 11 is 5.82. The minimum atomic E-state index is -0.817. The van der Waals surface area contributed by atoms with Gasteiger partial charge in [-0.15, -0.1) is 0 Å². The first kappa shape index (κ1) is 23.4. The molecule has 3 rings (SSSR count). The number of rotatable bonds is 6. The number of nitro groups is 1. The Balaban J connectivity index is 1.78. The van der Waals surface area contributed by atoms with E-state index in [2.05, 4.69) is 0 Å². The Bertz CT molecular complexity index is 1060. The van der Waals surface area contributed by atoms with Crippen LogP contribution in [0.5, 0.6) is 0 Å². The van der Waals surface area contributed by atoms with Crippen LogP contribution in [0.4, 0.5) is 5.69 Å². The van der Waals surface area contributed by atoms with E-state index >= 15 is 0 Å². The summed E-state index contributed by atoms with van der Waals surface area (Å²) < 4.78 is 5.24. The molecule has 32 heavy (non-hydrogen) atoms. The van der Waals surface area contributed by atoms with Crippen LogP contribution in [0.15, 0.2) is 42.5 Å².